The second-order valence-corrected chi connectivity index (χ2v) is 8.06. The standard InChI is InChI=1S/C25H23FN6O3/c1-4-35-20-10-7-16(11-21(20)34-3)18-12-22(33)29-24-23(18)14(2)31-32(24)25-28-19(13-27-30-25)15-5-8-17(26)9-6-15/h5-11,13,18H,4,12H2,1-3H3,(H,29,33). The summed E-state index contributed by atoms with van der Waals surface area (Å²) in [4.78, 5) is 17.3. The van der Waals surface area contributed by atoms with E-state index in [-0.39, 0.29) is 30.0 Å². The molecule has 0 bridgehead atoms. The third-order valence-electron chi connectivity index (χ3n) is 5.87. The molecule has 0 saturated heterocycles. The van der Waals surface area contributed by atoms with Gasteiger partial charge >= 0.3 is 0 Å². The highest BCUT2D eigenvalue weighted by Gasteiger charge is 2.33. The first-order valence-electron chi connectivity index (χ1n) is 11.1. The van der Waals surface area contributed by atoms with Crippen molar-refractivity contribution >= 4 is 11.7 Å². The number of nitrogens with zero attached hydrogens (tertiary/aromatic N) is 5. The normalized spacial score (nSPS) is 14.9. The van der Waals surface area contributed by atoms with Crippen LogP contribution < -0.4 is 14.8 Å². The molecule has 1 atom stereocenters. The Morgan fingerprint density at radius 1 is 1.17 bits per heavy atom. The van der Waals surface area contributed by atoms with Crippen LogP contribution in [-0.4, -0.2) is 44.6 Å². The number of benzene rings is 2. The summed E-state index contributed by atoms with van der Waals surface area (Å²) in [6.07, 6.45) is 1.75. The first kappa shape index (κ1) is 22.5. The molecule has 178 valence electrons. The van der Waals surface area contributed by atoms with E-state index in [1.165, 1.54) is 23.0 Å². The van der Waals surface area contributed by atoms with Crippen LogP contribution in [0.15, 0.2) is 48.7 Å². The van der Waals surface area contributed by atoms with E-state index in [1.807, 2.05) is 32.0 Å². The Morgan fingerprint density at radius 3 is 2.71 bits per heavy atom. The molecule has 1 amide bonds. The highest BCUT2D eigenvalue weighted by molar-refractivity contribution is 5.95. The number of hydrogen-bond donors (Lipinski definition) is 1. The number of carbonyl (C=O) groups excluding carboxylic acids is 1. The van der Waals surface area contributed by atoms with Crippen LogP contribution >= 0.6 is 0 Å². The fourth-order valence-corrected chi connectivity index (χ4v) is 4.30. The van der Waals surface area contributed by atoms with E-state index < -0.39 is 0 Å². The number of hydrogen-bond acceptors (Lipinski definition) is 7. The van der Waals surface area contributed by atoms with Gasteiger partial charge in [-0.1, -0.05) is 6.07 Å². The summed E-state index contributed by atoms with van der Waals surface area (Å²) in [7, 11) is 1.59. The lowest BCUT2D eigenvalue weighted by Gasteiger charge is -2.24. The number of ether oxygens (including phenoxy) is 2. The van der Waals surface area contributed by atoms with Gasteiger partial charge in [-0.3, -0.25) is 4.79 Å². The van der Waals surface area contributed by atoms with E-state index in [1.54, 1.807) is 19.2 Å². The summed E-state index contributed by atoms with van der Waals surface area (Å²) >= 11 is 0. The Kier molecular flexibility index (Phi) is 5.86. The van der Waals surface area contributed by atoms with Gasteiger partial charge in [-0.05, 0) is 55.8 Å². The van der Waals surface area contributed by atoms with Gasteiger partial charge in [-0.2, -0.15) is 14.9 Å². The lowest BCUT2D eigenvalue weighted by atomic mass is 9.85. The minimum atomic E-state index is -0.340. The number of halogens is 1. The van der Waals surface area contributed by atoms with Crippen LogP contribution in [0.3, 0.4) is 0 Å². The van der Waals surface area contributed by atoms with Crippen molar-refractivity contribution in [3.63, 3.8) is 0 Å². The lowest BCUT2D eigenvalue weighted by Crippen LogP contribution is -2.25. The molecule has 0 spiro atoms. The van der Waals surface area contributed by atoms with Crippen molar-refractivity contribution in [1.29, 1.82) is 0 Å². The summed E-state index contributed by atoms with van der Waals surface area (Å²) < 4.78 is 26.0. The molecular weight excluding hydrogens is 451 g/mol. The van der Waals surface area contributed by atoms with Crippen molar-refractivity contribution in [3.8, 4) is 28.7 Å². The first-order valence-corrected chi connectivity index (χ1v) is 11.1. The highest BCUT2D eigenvalue weighted by atomic mass is 19.1. The van der Waals surface area contributed by atoms with E-state index in [9.17, 15) is 9.18 Å². The fraction of sp³-hybridized carbons (Fsp3) is 0.240. The topological polar surface area (TPSA) is 104 Å². The van der Waals surface area contributed by atoms with Gasteiger partial charge < -0.3 is 14.8 Å². The molecule has 3 heterocycles. The van der Waals surface area contributed by atoms with Gasteiger partial charge in [-0.15, -0.1) is 5.10 Å². The molecule has 10 heteroatoms. The Hall–Kier alpha value is -4.34. The van der Waals surface area contributed by atoms with Gasteiger partial charge in [-0.25, -0.2) is 9.37 Å². The molecule has 2 aromatic heterocycles. The SMILES string of the molecule is CCOc1ccc(C2CC(=O)Nc3c2c(C)nn3-c2nncc(-c3ccc(F)cc3)n2)cc1OC. The first-order chi connectivity index (χ1) is 17.0. The largest absolute Gasteiger partial charge is 0.493 e. The minimum absolute atomic E-state index is 0.154. The Bertz CT molecular complexity index is 1400. The summed E-state index contributed by atoms with van der Waals surface area (Å²) in [6, 6.07) is 11.6. The molecular formula is C25H23FN6O3. The Balaban J connectivity index is 1.58. The number of rotatable bonds is 6. The number of aromatic nitrogens is 5. The molecule has 0 fully saturated rings. The summed E-state index contributed by atoms with van der Waals surface area (Å²) in [5.74, 6) is 1.19. The van der Waals surface area contributed by atoms with Gasteiger partial charge in [0.1, 0.15) is 11.6 Å². The van der Waals surface area contributed by atoms with Crippen LogP contribution in [0.1, 0.15) is 36.1 Å². The maximum Gasteiger partial charge on any atom is 0.272 e. The molecule has 1 unspecified atom stereocenters. The lowest BCUT2D eigenvalue weighted by molar-refractivity contribution is -0.116. The van der Waals surface area contributed by atoms with Crippen molar-refractivity contribution in [1.82, 2.24) is 25.0 Å². The fourth-order valence-electron chi connectivity index (χ4n) is 4.30. The second-order valence-electron chi connectivity index (χ2n) is 8.06. The molecule has 1 aliphatic heterocycles. The third kappa shape index (κ3) is 4.18. The quantitative estimate of drug-likeness (QED) is 0.450. The Labute approximate surface area is 200 Å². The maximum atomic E-state index is 13.3. The number of carbonyl (C=O) groups is 1. The predicted molar refractivity (Wildman–Crippen MR) is 126 cm³/mol. The van der Waals surface area contributed by atoms with Crippen molar-refractivity contribution in [3.05, 3.63) is 71.3 Å². The van der Waals surface area contributed by atoms with Crippen LogP contribution in [-0.2, 0) is 4.79 Å². The van der Waals surface area contributed by atoms with Gasteiger partial charge in [0.25, 0.3) is 5.95 Å². The smallest absolute Gasteiger partial charge is 0.272 e. The number of methoxy groups -OCH3 is 1. The molecule has 35 heavy (non-hydrogen) atoms. The second kappa shape index (κ2) is 9.13. The monoisotopic (exact) mass is 474 g/mol. The number of amides is 1. The van der Waals surface area contributed by atoms with Gasteiger partial charge in [0, 0.05) is 23.5 Å². The van der Waals surface area contributed by atoms with E-state index >= 15 is 0 Å². The molecule has 0 aliphatic carbocycles. The summed E-state index contributed by atoms with van der Waals surface area (Å²) in [5.41, 5.74) is 3.69. The van der Waals surface area contributed by atoms with Crippen LogP contribution in [0, 0.1) is 12.7 Å². The molecule has 0 radical (unpaired) electrons. The van der Waals surface area contributed by atoms with Gasteiger partial charge in [0.15, 0.2) is 11.5 Å². The molecule has 0 saturated carbocycles. The van der Waals surface area contributed by atoms with Crippen LogP contribution in [0.2, 0.25) is 0 Å². The van der Waals surface area contributed by atoms with E-state index in [2.05, 4.69) is 25.6 Å². The van der Waals surface area contributed by atoms with Gasteiger partial charge in [0.2, 0.25) is 5.91 Å². The van der Waals surface area contributed by atoms with Crippen molar-refractivity contribution in [2.45, 2.75) is 26.2 Å². The molecule has 5 rings (SSSR count). The Morgan fingerprint density at radius 2 is 1.97 bits per heavy atom. The zero-order valence-corrected chi connectivity index (χ0v) is 19.4. The van der Waals surface area contributed by atoms with Crippen LogP contribution in [0.25, 0.3) is 17.2 Å². The predicted octanol–water partition coefficient (Wildman–Crippen LogP) is 4.05. The molecule has 2 aromatic carbocycles. The van der Waals surface area contributed by atoms with E-state index in [4.69, 9.17) is 9.47 Å². The molecule has 1 aliphatic rings. The summed E-state index contributed by atoms with van der Waals surface area (Å²) in [6.45, 7) is 4.30. The number of fused-ring (bicyclic) bond motifs is 1. The summed E-state index contributed by atoms with van der Waals surface area (Å²) in [5, 5.41) is 15.7. The zero-order chi connectivity index (χ0) is 24.5. The molecule has 9 nitrogen and oxygen atoms in total. The molecule has 4 aromatic rings. The average Bonchev–Trinajstić information content (AvgIpc) is 3.20. The van der Waals surface area contributed by atoms with Gasteiger partial charge in [0.05, 0.1) is 31.3 Å². The zero-order valence-electron chi connectivity index (χ0n) is 19.4. The highest BCUT2D eigenvalue weighted by Crippen LogP contribution is 2.42. The van der Waals surface area contributed by atoms with Crippen LogP contribution in [0.4, 0.5) is 10.2 Å². The van der Waals surface area contributed by atoms with Crippen LogP contribution in [0.5, 0.6) is 11.5 Å². The number of anilines is 1. The number of aryl methyl sites for hydroxylation is 1. The minimum Gasteiger partial charge on any atom is -0.493 e. The third-order valence-corrected chi connectivity index (χ3v) is 5.87. The van der Waals surface area contributed by atoms with Crippen molar-refractivity contribution < 1.29 is 18.7 Å². The van der Waals surface area contributed by atoms with E-state index in [0.29, 0.717) is 35.2 Å². The van der Waals surface area contributed by atoms with Crippen molar-refractivity contribution in [2.24, 2.45) is 0 Å². The number of nitrogens with one attached hydrogen (secondary N) is 1. The maximum absolute atomic E-state index is 13.3. The van der Waals surface area contributed by atoms with Crippen molar-refractivity contribution in [2.75, 3.05) is 19.0 Å². The average molecular weight is 474 g/mol. The van der Waals surface area contributed by atoms with E-state index in [0.717, 1.165) is 16.8 Å². The molecule has 1 N–H and O–H groups in total.